The quantitative estimate of drug-likeness (QED) is 0.577. The molecule has 0 bridgehead atoms. The minimum absolute atomic E-state index is 0.0291. The highest BCUT2D eigenvalue weighted by Gasteiger charge is 2.15. The van der Waals surface area contributed by atoms with Gasteiger partial charge in [-0.2, -0.15) is 0 Å². The van der Waals surface area contributed by atoms with Gasteiger partial charge in [-0.3, -0.25) is 0 Å². The Hall–Kier alpha value is -1.51. The zero-order valence-electron chi connectivity index (χ0n) is 11.1. The van der Waals surface area contributed by atoms with Gasteiger partial charge in [0.1, 0.15) is 5.75 Å². The molecular weight excluding hydrogens is 216 g/mol. The number of rotatable bonds is 2. The molecule has 17 heavy (non-hydrogen) atoms. The Morgan fingerprint density at radius 3 is 2.41 bits per heavy atom. The molecule has 1 aromatic rings. The maximum Gasteiger partial charge on any atom is 0.514 e. The van der Waals surface area contributed by atoms with Gasteiger partial charge in [0.15, 0.2) is 0 Å². The van der Waals surface area contributed by atoms with E-state index in [9.17, 15) is 4.79 Å². The van der Waals surface area contributed by atoms with Gasteiger partial charge in [0, 0.05) is 0 Å². The van der Waals surface area contributed by atoms with Crippen LogP contribution in [0.1, 0.15) is 40.2 Å². The van der Waals surface area contributed by atoms with Crippen LogP contribution >= 0.6 is 0 Å². The van der Waals surface area contributed by atoms with E-state index in [-0.39, 0.29) is 11.5 Å². The van der Waals surface area contributed by atoms with Crippen LogP contribution in [0.25, 0.3) is 0 Å². The fourth-order valence-corrected chi connectivity index (χ4v) is 1.34. The second-order valence-electron chi connectivity index (χ2n) is 5.30. The summed E-state index contributed by atoms with van der Waals surface area (Å²) in [7, 11) is 0. The molecule has 3 heteroatoms. The van der Waals surface area contributed by atoms with E-state index in [4.69, 9.17) is 9.47 Å². The Labute approximate surface area is 103 Å². The van der Waals surface area contributed by atoms with Crippen molar-refractivity contribution in [2.45, 2.75) is 46.1 Å². The number of benzene rings is 1. The molecule has 1 rings (SSSR count). The third kappa shape index (κ3) is 4.47. The molecule has 0 aromatic heterocycles. The molecule has 0 unspecified atom stereocenters. The Kier molecular flexibility index (Phi) is 4.16. The molecule has 0 radical (unpaired) electrons. The van der Waals surface area contributed by atoms with Crippen LogP contribution in [0, 0.1) is 0 Å². The lowest BCUT2D eigenvalue weighted by molar-refractivity contribution is 0.0728. The van der Waals surface area contributed by atoms with Crippen molar-refractivity contribution in [1.29, 1.82) is 0 Å². The van der Waals surface area contributed by atoms with E-state index in [0.29, 0.717) is 5.75 Å². The highest BCUT2D eigenvalue weighted by molar-refractivity contribution is 5.64. The minimum Gasteiger partial charge on any atom is -0.431 e. The SMILES string of the molecule is CC(C)OC(=O)Oc1cccc(C(C)(C)C)c1. The lowest BCUT2D eigenvalue weighted by Gasteiger charge is -2.19. The molecule has 0 aliphatic carbocycles. The molecule has 0 aliphatic rings. The molecule has 0 aliphatic heterocycles. The summed E-state index contributed by atoms with van der Waals surface area (Å²) in [4.78, 5) is 11.3. The van der Waals surface area contributed by atoms with Crippen molar-refractivity contribution in [3.05, 3.63) is 29.8 Å². The summed E-state index contributed by atoms with van der Waals surface area (Å²) >= 11 is 0. The first-order valence-electron chi connectivity index (χ1n) is 5.78. The lowest BCUT2D eigenvalue weighted by Crippen LogP contribution is -2.16. The van der Waals surface area contributed by atoms with Crippen molar-refractivity contribution in [2.24, 2.45) is 0 Å². The van der Waals surface area contributed by atoms with Gasteiger partial charge in [-0.1, -0.05) is 32.9 Å². The van der Waals surface area contributed by atoms with Crippen LogP contribution in [0.5, 0.6) is 5.75 Å². The van der Waals surface area contributed by atoms with Gasteiger partial charge in [-0.05, 0) is 37.0 Å². The summed E-state index contributed by atoms with van der Waals surface area (Å²) in [5.41, 5.74) is 1.15. The normalized spacial score (nSPS) is 11.4. The smallest absolute Gasteiger partial charge is 0.431 e. The Morgan fingerprint density at radius 1 is 1.24 bits per heavy atom. The van der Waals surface area contributed by atoms with Crippen LogP contribution in [-0.4, -0.2) is 12.3 Å². The van der Waals surface area contributed by atoms with Crippen molar-refractivity contribution in [3.63, 3.8) is 0 Å². The van der Waals surface area contributed by atoms with Crippen LogP contribution in [0.4, 0.5) is 4.79 Å². The highest BCUT2D eigenvalue weighted by Crippen LogP contribution is 2.25. The maximum atomic E-state index is 11.3. The van der Waals surface area contributed by atoms with E-state index in [0.717, 1.165) is 5.56 Å². The van der Waals surface area contributed by atoms with Crippen LogP contribution in [0.2, 0.25) is 0 Å². The van der Waals surface area contributed by atoms with E-state index in [1.54, 1.807) is 19.9 Å². The predicted octanol–water partition coefficient (Wildman–Crippen LogP) is 3.91. The summed E-state index contributed by atoms with van der Waals surface area (Å²) in [5, 5.41) is 0. The first kappa shape index (κ1) is 13.6. The molecule has 3 nitrogen and oxygen atoms in total. The summed E-state index contributed by atoms with van der Waals surface area (Å²) < 4.78 is 10.0. The fourth-order valence-electron chi connectivity index (χ4n) is 1.34. The molecular formula is C14H20O3. The van der Waals surface area contributed by atoms with E-state index >= 15 is 0 Å². The number of carbonyl (C=O) groups excluding carboxylic acids is 1. The van der Waals surface area contributed by atoms with E-state index < -0.39 is 6.16 Å². The molecule has 0 fully saturated rings. The van der Waals surface area contributed by atoms with Gasteiger partial charge in [0.25, 0.3) is 0 Å². The van der Waals surface area contributed by atoms with Gasteiger partial charge in [-0.25, -0.2) is 4.79 Å². The summed E-state index contributed by atoms with van der Waals surface area (Å²) in [6.45, 7) is 9.90. The molecule has 0 spiro atoms. The second-order valence-corrected chi connectivity index (χ2v) is 5.30. The summed E-state index contributed by atoms with van der Waals surface area (Å²) in [6, 6.07) is 7.50. The molecule has 0 heterocycles. The minimum atomic E-state index is -0.661. The average Bonchev–Trinajstić information content (AvgIpc) is 2.15. The monoisotopic (exact) mass is 236 g/mol. The molecule has 0 atom stereocenters. The van der Waals surface area contributed by atoms with Crippen molar-refractivity contribution >= 4 is 6.16 Å². The van der Waals surface area contributed by atoms with Crippen molar-refractivity contribution in [1.82, 2.24) is 0 Å². The number of carbonyl (C=O) groups is 1. The third-order valence-corrected chi connectivity index (χ3v) is 2.23. The second kappa shape index (κ2) is 5.21. The maximum absolute atomic E-state index is 11.3. The van der Waals surface area contributed by atoms with Gasteiger partial charge in [-0.15, -0.1) is 0 Å². The zero-order chi connectivity index (χ0) is 13.1. The topological polar surface area (TPSA) is 35.5 Å². The van der Waals surface area contributed by atoms with Gasteiger partial charge in [0.2, 0.25) is 0 Å². The molecule has 0 saturated carbocycles. The number of hydrogen-bond acceptors (Lipinski definition) is 3. The van der Waals surface area contributed by atoms with Crippen molar-refractivity contribution < 1.29 is 14.3 Å². The average molecular weight is 236 g/mol. The van der Waals surface area contributed by atoms with E-state index in [1.165, 1.54) is 0 Å². The first-order chi connectivity index (χ1) is 7.79. The van der Waals surface area contributed by atoms with Crippen molar-refractivity contribution in [2.75, 3.05) is 0 Å². The van der Waals surface area contributed by atoms with Crippen LogP contribution in [-0.2, 0) is 10.2 Å². The van der Waals surface area contributed by atoms with Crippen LogP contribution in [0.3, 0.4) is 0 Å². The van der Waals surface area contributed by atoms with Gasteiger partial charge >= 0.3 is 6.16 Å². The zero-order valence-corrected chi connectivity index (χ0v) is 11.1. The molecule has 0 amide bonds. The fraction of sp³-hybridized carbons (Fsp3) is 0.500. The lowest BCUT2D eigenvalue weighted by atomic mass is 9.87. The molecule has 0 saturated heterocycles. The molecule has 94 valence electrons. The van der Waals surface area contributed by atoms with Gasteiger partial charge in [0.05, 0.1) is 6.10 Å². The Morgan fingerprint density at radius 2 is 1.88 bits per heavy atom. The summed E-state index contributed by atoms with van der Waals surface area (Å²) in [6.07, 6.45) is -0.834. The predicted molar refractivity (Wildman–Crippen MR) is 67.4 cm³/mol. The first-order valence-corrected chi connectivity index (χ1v) is 5.78. The molecule has 1 aromatic carbocycles. The largest absolute Gasteiger partial charge is 0.514 e. The number of hydrogen-bond donors (Lipinski definition) is 0. The van der Waals surface area contributed by atoms with Crippen LogP contribution < -0.4 is 4.74 Å². The molecule has 0 N–H and O–H groups in total. The Bertz CT molecular complexity index is 389. The van der Waals surface area contributed by atoms with E-state index in [2.05, 4.69) is 20.8 Å². The van der Waals surface area contributed by atoms with Crippen LogP contribution in [0.15, 0.2) is 24.3 Å². The third-order valence-electron chi connectivity index (χ3n) is 2.23. The standard InChI is InChI=1S/C14H20O3/c1-10(2)16-13(15)17-12-8-6-7-11(9-12)14(3,4)5/h6-10H,1-5H3. The van der Waals surface area contributed by atoms with Gasteiger partial charge < -0.3 is 9.47 Å². The number of ether oxygens (including phenoxy) is 2. The summed E-state index contributed by atoms with van der Waals surface area (Å²) in [5.74, 6) is 0.517. The van der Waals surface area contributed by atoms with Crippen molar-refractivity contribution in [3.8, 4) is 5.75 Å². The van der Waals surface area contributed by atoms with E-state index in [1.807, 2.05) is 18.2 Å². The Balaban J connectivity index is 2.76. The highest BCUT2D eigenvalue weighted by atomic mass is 16.7.